The molecule has 1 fully saturated rings. The van der Waals surface area contributed by atoms with Gasteiger partial charge in [0.2, 0.25) is 0 Å². The monoisotopic (exact) mass is 465 g/mol. The number of hydrogen-bond donors (Lipinski definition) is 4. The van der Waals surface area contributed by atoms with Crippen LogP contribution in [0.1, 0.15) is 24.4 Å². The van der Waals surface area contributed by atoms with Crippen molar-refractivity contribution in [2.24, 2.45) is 16.0 Å². The van der Waals surface area contributed by atoms with Gasteiger partial charge in [0.05, 0.1) is 35.8 Å². The number of nitrogens with two attached hydrogens (primary N) is 2. The predicted octanol–water partition coefficient (Wildman–Crippen LogP) is 3.35. The molecule has 0 aliphatic carbocycles. The molecule has 6 N–H and O–H groups in total. The second kappa shape index (κ2) is 10.4. The highest BCUT2D eigenvalue weighted by Gasteiger charge is 2.27. The lowest BCUT2D eigenvalue weighted by Crippen LogP contribution is -2.46. The maximum absolute atomic E-state index is 6.49. The maximum Gasteiger partial charge on any atom is 0.168 e. The van der Waals surface area contributed by atoms with E-state index < -0.39 is 6.04 Å². The lowest BCUT2D eigenvalue weighted by molar-refractivity contribution is 0.0907. The van der Waals surface area contributed by atoms with Gasteiger partial charge in [-0.1, -0.05) is 12.6 Å². The Labute approximate surface area is 196 Å². The fourth-order valence-corrected chi connectivity index (χ4v) is 4.31. The van der Waals surface area contributed by atoms with E-state index in [0.29, 0.717) is 18.1 Å². The Balaban J connectivity index is 1.70. The second-order valence-electron chi connectivity index (χ2n) is 7.63. The third-order valence-corrected chi connectivity index (χ3v) is 5.94. The summed E-state index contributed by atoms with van der Waals surface area (Å²) in [5.41, 5.74) is 10.8. The molecule has 0 saturated carbocycles. The first-order chi connectivity index (χ1) is 16.1. The number of amidine groups is 1. The van der Waals surface area contributed by atoms with E-state index in [1.165, 1.54) is 11.7 Å². The molecule has 172 valence electrons. The lowest BCUT2D eigenvalue weighted by atomic mass is 10.0. The highest BCUT2D eigenvalue weighted by molar-refractivity contribution is 7.00. The molecule has 0 radical (unpaired) electrons. The van der Waals surface area contributed by atoms with Crippen molar-refractivity contribution in [2.75, 3.05) is 29.5 Å². The van der Waals surface area contributed by atoms with Crippen LogP contribution >= 0.6 is 11.7 Å². The number of hydrazine groups is 1. The van der Waals surface area contributed by atoms with Crippen molar-refractivity contribution >= 4 is 52.4 Å². The topological polar surface area (TPSA) is 139 Å². The van der Waals surface area contributed by atoms with Crippen LogP contribution in [0, 0.1) is 0 Å². The Morgan fingerprint density at radius 3 is 2.88 bits per heavy atom. The molecule has 11 heteroatoms. The summed E-state index contributed by atoms with van der Waals surface area (Å²) in [7, 11) is 0. The Morgan fingerprint density at radius 2 is 2.15 bits per heavy atom. The van der Waals surface area contributed by atoms with Crippen molar-refractivity contribution in [2.45, 2.75) is 25.0 Å². The van der Waals surface area contributed by atoms with E-state index in [-0.39, 0.29) is 6.10 Å². The van der Waals surface area contributed by atoms with E-state index in [1.54, 1.807) is 11.2 Å². The van der Waals surface area contributed by atoms with Crippen LogP contribution in [0.25, 0.3) is 11.0 Å². The molecule has 1 aliphatic heterocycles. The molecular formula is C22H27N9OS. The van der Waals surface area contributed by atoms with Crippen molar-refractivity contribution in [1.29, 1.82) is 0 Å². The molecule has 0 spiro atoms. The number of aromatic nitrogens is 2. The van der Waals surface area contributed by atoms with Gasteiger partial charge in [0.15, 0.2) is 5.84 Å². The summed E-state index contributed by atoms with van der Waals surface area (Å²) < 4.78 is 14.4. The standard InChI is InChI=1S/C22H27N9OS/c1-3-26-18-9-7-15(12-17(18)23)27-21(14-6-8-19-20(11-14)30-33-29-19)22(28-25-2)31(24)13-16-5-4-10-32-16/h3,6-9,11-12,16,21,26-27H,1-2,4-5,10,13,23-24H2/b28-22-. The molecule has 2 unspecified atom stereocenters. The molecule has 1 saturated heterocycles. The average molecular weight is 466 g/mol. The van der Waals surface area contributed by atoms with Crippen LogP contribution in [0.15, 0.2) is 59.4 Å². The Morgan fingerprint density at radius 1 is 1.30 bits per heavy atom. The Hall–Kier alpha value is -3.54. The van der Waals surface area contributed by atoms with Crippen LogP contribution in [-0.4, -0.2) is 45.6 Å². The zero-order valence-electron chi connectivity index (χ0n) is 18.1. The zero-order chi connectivity index (χ0) is 23.2. The summed E-state index contributed by atoms with van der Waals surface area (Å²) >= 11 is 1.17. The number of nitrogen functional groups attached to an aromatic ring is 1. The highest BCUT2D eigenvalue weighted by atomic mass is 32.1. The summed E-state index contributed by atoms with van der Waals surface area (Å²) in [6.45, 7) is 8.45. The first-order valence-electron chi connectivity index (χ1n) is 10.5. The number of fused-ring (bicyclic) bond motifs is 1. The molecule has 3 aromatic rings. The fourth-order valence-electron chi connectivity index (χ4n) is 3.79. The minimum Gasteiger partial charge on any atom is -0.397 e. The third-order valence-electron chi connectivity index (χ3n) is 5.38. The van der Waals surface area contributed by atoms with Gasteiger partial charge in [-0.2, -0.15) is 13.8 Å². The van der Waals surface area contributed by atoms with Crippen molar-refractivity contribution in [3.05, 3.63) is 54.7 Å². The first kappa shape index (κ1) is 22.6. The van der Waals surface area contributed by atoms with Gasteiger partial charge in [-0.15, -0.1) is 5.10 Å². The zero-order valence-corrected chi connectivity index (χ0v) is 19.0. The number of nitrogens with zero attached hydrogens (tertiary/aromatic N) is 5. The largest absolute Gasteiger partial charge is 0.397 e. The van der Waals surface area contributed by atoms with Crippen molar-refractivity contribution in [1.82, 2.24) is 13.8 Å². The molecule has 0 amide bonds. The summed E-state index contributed by atoms with van der Waals surface area (Å²) in [6, 6.07) is 11.0. The summed E-state index contributed by atoms with van der Waals surface area (Å²) in [5.74, 6) is 6.98. The van der Waals surface area contributed by atoms with Crippen LogP contribution in [0.5, 0.6) is 0 Å². The van der Waals surface area contributed by atoms with Gasteiger partial charge < -0.3 is 21.1 Å². The second-order valence-corrected chi connectivity index (χ2v) is 8.16. The number of rotatable bonds is 9. The number of hydrogen-bond acceptors (Lipinski definition) is 10. The van der Waals surface area contributed by atoms with E-state index >= 15 is 0 Å². The number of benzene rings is 2. The van der Waals surface area contributed by atoms with Gasteiger partial charge in [-0.3, -0.25) is 5.01 Å². The van der Waals surface area contributed by atoms with Gasteiger partial charge in [0.25, 0.3) is 0 Å². The van der Waals surface area contributed by atoms with Crippen LogP contribution in [-0.2, 0) is 4.74 Å². The number of ether oxygens (including phenoxy) is 1. The minimum absolute atomic E-state index is 0.0378. The predicted molar refractivity (Wildman–Crippen MR) is 135 cm³/mol. The van der Waals surface area contributed by atoms with E-state index in [2.05, 4.69) is 42.9 Å². The van der Waals surface area contributed by atoms with E-state index in [9.17, 15) is 0 Å². The maximum atomic E-state index is 6.49. The van der Waals surface area contributed by atoms with Crippen molar-refractivity contribution in [3.8, 4) is 0 Å². The Bertz CT molecular complexity index is 1160. The van der Waals surface area contributed by atoms with Gasteiger partial charge in [-0.25, -0.2) is 5.84 Å². The number of anilines is 3. The van der Waals surface area contributed by atoms with Crippen LogP contribution < -0.4 is 22.2 Å². The van der Waals surface area contributed by atoms with Gasteiger partial charge >= 0.3 is 0 Å². The SMILES string of the molecule is C=CNc1ccc(NC(/C(=N/N=C)N(N)CC2CCCO2)c2ccc3nsnc3c2)cc1N. The van der Waals surface area contributed by atoms with E-state index in [0.717, 1.165) is 47.4 Å². The van der Waals surface area contributed by atoms with E-state index in [4.69, 9.17) is 16.3 Å². The van der Waals surface area contributed by atoms with Crippen molar-refractivity contribution < 1.29 is 4.74 Å². The van der Waals surface area contributed by atoms with Crippen LogP contribution in [0.4, 0.5) is 17.1 Å². The Kier molecular flexibility index (Phi) is 7.13. The molecule has 1 aromatic heterocycles. The molecule has 2 atom stereocenters. The van der Waals surface area contributed by atoms with Crippen LogP contribution in [0.3, 0.4) is 0 Å². The molecule has 33 heavy (non-hydrogen) atoms. The van der Waals surface area contributed by atoms with Crippen molar-refractivity contribution in [3.63, 3.8) is 0 Å². The first-order valence-corrected chi connectivity index (χ1v) is 11.2. The molecule has 1 aliphatic rings. The molecule has 10 nitrogen and oxygen atoms in total. The third kappa shape index (κ3) is 5.28. The average Bonchev–Trinajstić information content (AvgIpc) is 3.49. The molecule has 2 aromatic carbocycles. The van der Waals surface area contributed by atoms with Crippen LogP contribution in [0.2, 0.25) is 0 Å². The molecule has 4 rings (SSSR count). The normalized spacial score (nSPS) is 17.0. The highest BCUT2D eigenvalue weighted by Crippen LogP contribution is 2.29. The number of nitrogens with one attached hydrogen (secondary N) is 2. The van der Waals surface area contributed by atoms with E-state index in [1.807, 2.05) is 36.4 Å². The van der Waals surface area contributed by atoms with Gasteiger partial charge in [0.1, 0.15) is 17.1 Å². The minimum atomic E-state index is -0.453. The van der Waals surface area contributed by atoms with Gasteiger partial charge in [0, 0.05) is 19.0 Å². The summed E-state index contributed by atoms with van der Waals surface area (Å²) in [6.07, 6.45) is 3.59. The molecular weight excluding hydrogens is 438 g/mol. The molecule has 2 heterocycles. The lowest BCUT2D eigenvalue weighted by Gasteiger charge is -2.30. The fraction of sp³-hybridized carbons (Fsp3) is 0.273. The van der Waals surface area contributed by atoms with Gasteiger partial charge in [-0.05, 0) is 54.9 Å². The summed E-state index contributed by atoms with van der Waals surface area (Å²) in [5, 5.41) is 16.2. The smallest absolute Gasteiger partial charge is 0.168 e. The quantitative estimate of drug-likeness (QED) is 0.124. The summed E-state index contributed by atoms with van der Waals surface area (Å²) in [4.78, 5) is 0. The molecule has 0 bridgehead atoms.